The van der Waals surface area contributed by atoms with Crippen LogP contribution in [0.2, 0.25) is 12.1 Å². The van der Waals surface area contributed by atoms with Crippen LogP contribution in [0, 0.1) is 11.3 Å². The fourth-order valence-corrected chi connectivity index (χ4v) is 5.12. The molecule has 0 amide bonds. The van der Waals surface area contributed by atoms with Crippen molar-refractivity contribution in [1.29, 1.82) is 0 Å². The third-order valence-electron chi connectivity index (χ3n) is 4.50. The van der Waals surface area contributed by atoms with E-state index in [1.807, 2.05) is 14.2 Å². The minimum atomic E-state index is -1.89. The third-order valence-corrected chi connectivity index (χ3v) is 8.19. The molecule has 1 saturated carbocycles. The van der Waals surface area contributed by atoms with E-state index in [1.165, 1.54) is 25.7 Å². The Morgan fingerprint density at radius 3 is 1.69 bits per heavy atom. The lowest BCUT2D eigenvalue weighted by molar-refractivity contribution is 0.157. The van der Waals surface area contributed by atoms with E-state index in [1.54, 1.807) is 0 Å². The van der Waals surface area contributed by atoms with Crippen molar-refractivity contribution in [3.8, 4) is 0 Å². The van der Waals surface area contributed by atoms with Gasteiger partial charge in [0.05, 0.1) is 0 Å². The molecule has 0 aromatic rings. The molecular formula is C13H28O2Si. The minimum Gasteiger partial charge on any atom is -0.398 e. The fraction of sp³-hybridized carbons (Fsp3) is 1.00. The van der Waals surface area contributed by atoms with Crippen molar-refractivity contribution in [3.05, 3.63) is 0 Å². The second-order valence-corrected chi connectivity index (χ2v) is 10.0. The summed E-state index contributed by atoms with van der Waals surface area (Å²) in [6, 6.07) is 0. The highest BCUT2D eigenvalue weighted by Gasteiger charge is 2.42. The zero-order chi connectivity index (χ0) is 12.4. The first kappa shape index (κ1) is 14.2. The first-order valence-corrected chi connectivity index (χ1v) is 8.83. The van der Waals surface area contributed by atoms with Crippen LogP contribution >= 0.6 is 0 Å². The van der Waals surface area contributed by atoms with Crippen LogP contribution in [-0.4, -0.2) is 22.8 Å². The van der Waals surface area contributed by atoms with Gasteiger partial charge in [-0.15, -0.1) is 0 Å². The Labute approximate surface area is 102 Å². The van der Waals surface area contributed by atoms with Crippen LogP contribution < -0.4 is 0 Å². The topological polar surface area (TPSA) is 18.5 Å². The lowest BCUT2D eigenvalue weighted by atomic mass is 9.72. The van der Waals surface area contributed by atoms with Gasteiger partial charge in [-0.05, 0) is 43.6 Å². The van der Waals surface area contributed by atoms with Crippen LogP contribution in [0.15, 0.2) is 0 Å². The molecule has 0 saturated heterocycles. The summed E-state index contributed by atoms with van der Waals surface area (Å²) in [6.45, 7) is 9.29. The van der Waals surface area contributed by atoms with E-state index in [0.717, 1.165) is 5.92 Å². The molecule has 0 aromatic carbocycles. The molecule has 3 heteroatoms. The lowest BCUT2D eigenvalue weighted by Crippen LogP contribution is -2.44. The molecule has 2 nitrogen and oxygen atoms in total. The van der Waals surface area contributed by atoms with Crippen molar-refractivity contribution in [2.75, 3.05) is 14.2 Å². The quantitative estimate of drug-likeness (QED) is 0.700. The highest BCUT2D eigenvalue weighted by atomic mass is 28.4. The molecular weight excluding hydrogens is 216 g/mol. The van der Waals surface area contributed by atoms with E-state index in [9.17, 15) is 0 Å². The summed E-state index contributed by atoms with van der Waals surface area (Å²) in [4.78, 5) is 0. The molecule has 1 aliphatic rings. The standard InChI is InChI=1S/C13H28O2Si/c1-13(2,3)11-7-9-12(10-8-11)16(6,14-4)15-5/h11-12H,7-10H2,1-6H3. The van der Waals surface area contributed by atoms with Gasteiger partial charge in [0, 0.05) is 19.8 Å². The first-order valence-electron chi connectivity index (χ1n) is 6.44. The van der Waals surface area contributed by atoms with E-state index in [-0.39, 0.29) is 0 Å². The molecule has 0 bridgehead atoms. The molecule has 1 rings (SSSR count). The summed E-state index contributed by atoms with van der Waals surface area (Å²) in [6.07, 6.45) is 5.24. The van der Waals surface area contributed by atoms with Crippen molar-refractivity contribution >= 4 is 8.56 Å². The molecule has 16 heavy (non-hydrogen) atoms. The maximum absolute atomic E-state index is 5.66. The number of hydrogen-bond donors (Lipinski definition) is 0. The zero-order valence-corrected chi connectivity index (χ0v) is 12.8. The molecule has 0 radical (unpaired) electrons. The Bertz CT molecular complexity index is 210. The molecule has 0 atom stereocenters. The zero-order valence-electron chi connectivity index (χ0n) is 11.8. The average Bonchev–Trinajstić information content (AvgIpc) is 2.27. The largest absolute Gasteiger partial charge is 0.398 e. The van der Waals surface area contributed by atoms with Gasteiger partial charge in [-0.25, -0.2) is 0 Å². The highest BCUT2D eigenvalue weighted by Crippen LogP contribution is 2.45. The molecule has 0 N–H and O–H groups in total. The molecule has 0 unspecified atom stereocenters. The number of hydrogen-bond acceptors (Lipinski definition) is 2. The predicted molar refractivity (Wildman–Crippen MR) is 70.8 cm³/mol. The Morgan fingerprint density at radius 1 is 0.938 bits per heavy atom. The third kappa shape index (κ3) is 3.08. The second-order valence-electron chi connectivity index (χ2n) is 6.34. The Hall–Kier alpha value is 0.137. The van der Waals surface area contributed by atoms with Gasteiger partial charge in [0.2, 0.25) is 0 Å². The maximum atomic E-state index is 5.66. The van der Waals surface area contributed by atoms with E-state index in [4.69, 9.17) is 8.85 Å². The molecule has 0 spiro atoms. The van der Waals surface area contributed by atoms with Gasteiger partial charge in [-0.1, -0.05) is 20.8 Å². The second kappa shape index (κ2) is 5.19. The lowest BCUT2D eigenvalue weighted by Gasteiger charge is -2.41. The van der Waals surface area contributed by atoms with Gasteiger partial charge in [0.15, 0.2) is 0 Å². The molecule has 0 aliphatic heterocycles. The van der Waals surface area contributed by atoms with Crippen LogP contribution in [0.25, 0.3) is 0 Å². The summed E-state index contributed by atoms with van der Waals surface area (Å²) in [5, 5.41) is 0. The van der Waals surface area contributed by atoms with E-state index < -0.39 is 8.56 Å². The molecule has 0 aromatic heterocycles. The SMILES string of the molecule is CO[Si](C)(OC)C1CCC(C(C)(C)C)CC1. The monoisotopic (exact) mass is 244 g/mol. The minimum absolute atomic E-state index is 0.461. The van der Waals surface area contributed by atoms with E-state index in [0.29, 0.717) is 11.0 Å². The smallest absolute Gasteiger partial charge is 0.337 e. The van der Waals surface area contributed by atoms with Crippen molar-refractivity contribution in [3.63, 3.8) is 0 Å². The molecule has 1 fully saturated rings. The van der Waals surface area contributed by atoms with Gasteiger partial charge in [-0.3, -0.25) is 0 Å². The maximum Gasteiger partial charge on any atom is 0.337 e. The van der Waals surface area contributed by atoms with Crippen LogP contribution in [0.5, 0.6) is 0 Å². The normalized spacial score (nSPS) is 28.1. The van der Waals surface area contributed by atoms with Gasteiger partial charge in [0.25, 0.3) is 0 Å². The van der Waals surface area contributed by atoms with E-state index in [2.05, 4.69) is 27.3 Å². The Balaban J connectivity index is 2.55. The van der Waals surface area contributed by atoms with Gasteiger partial charge in [0.1, 0.15) is 0 Å². The molecule has 0 heterocycles. The van der Waals surface area contributed by atoms with Gasteiger partial charge >= 0.3 is 8.56 Å². The first-order chi connectivity index (χ1) is 7.33. The van der Waals surface area contributed by atoms with Crippen LogP contribution in [0.1, 0.15) is 46.5 Å². The summed E-state index contributed by atoms with van der Waals surface area (Å²) >= 11 is 0. The van der Waals surface area contributed by atoms with Gasteiger partial charge in [-0.2, -0.15) is 0 Å². The van der Waals surface area contributed by atoms with Crippen molar-refractivity contribution in [2.45, 2.75) is 58.5 Å². The van der Waals surface area contributed by atoms with Crippen LogP contribution in [0.4, 0.5) is 0 Å². The fourth-order valence-electron chi connectivity index (χ4n) is 2.90. The molecule has 1 aliphatic carbocycles. The van der Waals surface area contributed by atoms with Crippen molar-refractivity contribution in [1.82, 2.24) is 0 Å². The summed E-state index contributed by atoms with van der Waals surface area (Å²) < 4.78 is 11.3. The predicted octanol–water partition coefficient (Wildman–Crippen LogP) is 3.96. The van der Waals surface area contributed by atoms with Gasteiger partial charge < -0.3 is 8.85 Å². The Morgan fingerprint density at radius 2 is 1.38 bits per heavy atom. The van der Waals surface area contributed by atoms with Crippen molar-refractivity contribution in [2.24, 2.45) is 11.3 Å². The summed E-state index contributed by atoms with van der Waals surface area (Å²) in [7, 11) is 1.74. The molecule has 96 valence electrons. The van der Waals surface area contributed by atoms with Crippen LogP contribution in [0.3, 0.4) is 0 Å². The summed E-state index contributed by atoms with van der Waals surface area (Å²) in [5.74, 6) is 0.871. The van der Waals surface area contributed by atoms with Crippen LogP contribution in [-0.2, 0) is 8.85 Å². The average molecular weight is 244 g/mol. The van der Waals surface area contributed by atoms with Crippen molar-refractivity contribution < 1.29 is 8.85 Å². The Kier molecular flexibility index (Phi) is 4.61. The van der Waals surface area contributed by atoms with E-state index >= 15 is 0 Å². The summed E-state index contributed by atoms with van der Waals surface area (Å²) in [5.41, 5.74) is 1.14. The number of rotatable bonds is 3. The highest BCUT2D eigenvalue weighted by molar-refractivity contribution is 6.67.